The third-order valence-corrected chi connectivity index (χ3v) is 3.00. The summed E-state index contributed by atoms with van der Waals surface area (Å²) in [4.78, 5) is 13.7. The van der Waals surface area contributed by atoms with Crippen LogP contribution in [0.5, 0.6) is 0 Å². The Morgan fingerprint density at radius 1 is 1.41 bits per heavy atom. The van der Waals surface area contributed by atoms with Gasteiger partial charge in [-0.15, -0.1) is 0 Å². The van der Waals surface area contributed by atoms with Crippen LogP contribution >= 0.6 is 0 Å². The second kappa shape index (κ2) is 4.84. The number of nitrogens with zero attached hydrogens (tertiary/aromatic N) is 1. The lowest BCUT2D eigenvalue weighted by Gasteiger charge is -2.34. The van der Waals surface area contributed by atoms with Crippen molar-refractivity contribution < 1.29 is 9.18 Å². The molecule has 17 heavy (non-hydrogen) atoms. The summed E-state index contributed by atoms with van der Waals surface area (Å²) in [7, 11) is 1.68. The molecule has 0 fully saturated rings. The summed E-state index contributed by atoms with van der Waals surface area (Å²) in [5.74, 6) is -0.615. The molecule has 0 unspecified atom stereocenters. The molecule has 3 nitrogen and oxygen atoms in total. The third-order valence-electron chi connectivity index (χ3n) is 3.00. The molecule has 0 atom stereocenters. The van der Waals surface area contributed by atoms with Crippen LogP contribution in [0, 0.1) is 12.7 Å². The molecule has 4 heteroatoms. The molecule has 94 valence electrons. The molecule has 1 aromatic rings. The molecule has 0 radical (unpaired) electrons. The molecule has 0 aliphatic heterocycles. The average Bonchev–Trinajstić information content (AvgIpc) is 2.25. The number of nitrogens with two attached hydrogens (primary N) is 1. The number of carbonyl (C=O) groups is 1. The lowest BCUT2D eigenvalue weighted by molar-refractivity contribution is 0.0639. The number of carbonyl (C=O) groups excluding carboxylic acids is 1. The molecule has 0 bridgehead atoms. The highest BCUT2D eigenvalue weighted by Gasteiger charge is 2.27. The van der Waals surface area contributed by atoms with Crippen LogP contribution in [0.1, 0.15) is 29.8 Å². The SMILES string of the molecule is Cc1cc(F)cc(C(=O)N(C)C(C)(C)CN)c1. The van der Waals surface area contributed by atoms with Crippen LogP contribution < -0.4 is 5.73 Å². The van der Waals surface area contributed by atoms with Gasteiger partial charge in [0.15, 0.2) is 0 Å². The van der Waals surface area contributed by atoms with Crippen molar-refractivity contribution in [3.63, 3.8) is 0 Å². The van der Waals surface area contributed by atoms with Gasteiger partial charge in [0.05, 0.1) is 0 Å². The third kappa shape index (κ3) is 3.03. The molecular formula is C13H19FN2O. The van der Waals surface area contributed by atoms with Crippen molar-refractivity contribution in [2.45, 2.75) is 26.3 Å². The minimum absolute atomic E-state index is 0.219. The minimum Gasteiger partial charge on any atom is -0.335 e. The number of likely N-dealkylation sites (N-methyl/N-ethyl adjacent to an activating group) is 1. The van der Waals surface area contributed by atoms with Crippen molar-refractivity contribution in [2.75, 3.05) is 13.6 Å². The molecule has 0 spiro atoms. The predicted octanol–water partition coefficient (Wildman–Crippen LogP) is 1.94. The van der Waals surface area contributed by atoms with E-state index in [9.17, 15) is 9.18 Å². The van der Waals surface area contributed by atoms with Crippen LogP contribution in [0.4, 0.5) is 4.39 Å². The lowest BCUT2D eigenvalue weighted by Crippen LogP contribution is -2.50. The zero-order valence-corrected chi connectivity index (χ0v) is 10.7. The van der Waals surface area contributed by atoms with Gasteiger partial charge in [-0.3, -0.25) is 4.79 Å². The van der Waals surface area contributed by atoms with Crippen LogP contribution in [0.2, 0.25) is 0 Å². The maximum atomic E-state index is 13.2. The van der Waals surface area contributed by atoms with Crippen LogP contribution in [0.3, 0.4) is 0 Å². The molecule has 0 aliphatic rings. The fourth-order valence-corrected chi connectivity index (χ4v) is 1.47. The Morgan fingerprint density at radius 2 is 2.00 bits per heavy atom. The van der Waals surface area contributed by atoms with Gasteiger partial charge in [0.1, 0.15) is 5.82 Å². The van der Waals surface area contributed by atoms with E-state index < -0.39 is 11.4 Å². The predicted molar refractivity (Wildman–Crippen MR) is 66.4 cm³/mol. The van der Waals surface area contributed by atoms with E-state index in [1.54, 1.807) is 24.9 Å². The van der Waals surface area contributed by atoms with Gasteiger partial charge in [-0.05, 0) is 44.5 Å². The zero-order chi connectivity index (χ0) is 13.2. The standard InChI is InChI=1S/C13H19FN2O/c1-9-5-10(7-11(14)6-9)12(17)16(4)13(2,3)8-15/h5-7H,8,15H2,1-4H3. The van der Waals surface area contributed by atoms with Crippen LogP contribution in [0.15, 0.2) is 18.2 Å². The van der Waals surface area contributed by atoms with Gasteiger partial charge in [-0.1, -0.05) is 0 Å². The van der Waals surface area contributed by atoms with Crippen LogP contribution in [-0.2, 0) is 0 Å². The summed E-state index contributed by atoms with van der Waals surface area (Å²) in [6.45, 7) is 5.85. The zero-order valence-electron chi connectivity index (χ0n) is 10.7. The monoisotopic (exact) mass is 238 g/mol. The van der Waals surface area contributed by atoms with Crippen molar-refractivity contribution in [1.29, 1.82) is 0 Å². The Morgan fingerprint density at radius 3 is 2.47 bits per heavy atom. The van der Waals surface area contributed by atoms with Crippen molar-refractivity contribution in [3.05, 3.63) is 35.1 Å². The average molecular weight is 238 g/mol. The first kappa shape index (κ1) is 13.6. The second-order valence-corrected chi connectivity index (χ2v) is 4.90. The highest BCUT2D eigenvalue weighted by atomic mass is 19.1. The molecule has 1 aromatic carbocycles. The number of aryl methyl sites for hydroxylation is 1. The van der Waals surface area contributed by atoms with Gasteiger partial charge in [-0.25, -0.2) is 4.39 Å². The quantitative estimate of drug-likeness (QED) is 0.874. The largest absolute Gasteiger partial charge is 0.335 e. The summed E-state index contributed by atoms with van der Waals surface area (Å²) < 4.78 is 13.2. The van der Waals surface area contributed by atoms with E-state index in [-0.39, 0.29) is 5.91 Å². The molecule has 0 aromatic heterocycles. The van der Waals surface area contributed by atoms with E-state index in [0.29, 0.717) is 12.1 Å². The number of hydrogen-bond donors (Lipinski definition) is 1. The number of hydrogen-bond acceptors (Lipinski definition) is 2. The fraction of sp³-hybridized carbons (Fsp3) is 0.462. The summed E-state index contributed by atoms with van der Waals surface area (Å²) in [5.41, 5.74) is 6.25. The van der Waals surface area contributed by atoms with E-state index in [1.807, 2.05) is 13.8 Å². The smallest absolute Gasteiger partial charge is 0.254 e. The lowest BCUT2D eigenvalue weighted by atomic mass is 10.0. The Kier molecular flexibility index (Phi) is 3.88. The number of amides is 1. The molecule has 0 saturated heterocycles. The minimum atomic E-state index is -0.447. The van der Waals surface area contributed by atoms with E-state index in [4.69, 9.17) is 5.73 Å². The number of benzene rings is 1. The molecule has 2 N–H and O–H groups in total. The molecule has 0 heterocycles. The molecule has 1 rings (SSSR count). The van der Waals surface area contributed by atoms with E-state index in [1.165, 1.54) is 12.1 Å². The summed E-state index contributed by atoms with van der Waals surface area (Å²) in [5, 5.41) is 0. The first-order valence-corrected chi connectivity index (χ1v) is 5.53. The summed E-state index contributed by atoms with van der Waals surface area (Å²) in [6, 6.07) is 4.32. The van der Waals surface area contributed by atoms with Gasteiger partial charge < -0.3 is 10.6 Å². The van der Waals surface area contributed by atoms with Crippen LogP contribution in [0.25, 0.3) is 0 Å². The van der Waals surface area contributed by atoms with Crippen molar-refractivity contribution >= 4 is 5.91 Å². The van der Waals surface area contributed by atoms with Crippen molar-refractivity contribution in [1.82, 2.24) is 4.90 Å². The highest BCUT2D eigenvalue weighted by Crippen LogP contribution is 2.16. The normalized spacial score (nSPS) is 11.4. The maximum absolute atomic E-state index is 13.2. The maximum Gasteiger partial charge on any atom is 0.254 e. The van der Waals surface area contributed by atoms with E-state index in [0.717, 1.165) is 5.56 Å². The van der Waals surface area contributed by atoms with Gasteiger partial charge in [0.2, 0.25) is 0 Å². The molecule has 0 aliphatic carbocycles. The van der Waals surface area contributed by atoms with Crippen molar-refractivity contribution in [3.8, 4) is 0 Å². The number of halogens is 1. The first-order valence-electron chi connectivity index (χ1n) is 5.53. The highest BCUT2D eigenvalue weighted by molar-refractivity contribution is 5.94. The van der Waals surface area contributed by atoms with E-state index >= 15 is 0 Å². The Balaban J connectivity index is 3.04. The number of rotatable bonds is 3. The Bertz CT molecular complexity index is 409. The van der Waals surface area contributed by atoms with Crippen molar-refractivity contribution in [2.24, 2.45) is 5.73 Å². The van der Waals surface area contributed by atoms with Gasteiger partial charge in [-0.2, -0.15) is 0 Å². The molecule has 0 saturated carbocycles. The molecule has 1 amide bonds. The Labute approximate surface area is 101 Å². The molecular weight excluding hydrogens is 219 g/mol. The topological polar surface area (TPSA) is 46.3 Å². The van der Waals surface area contributed by atoms with E-state index in [2.05, 4.69) is 0 Å². The van der Waals surface area contributed by atoms with Crippen LogP contribution in [-0.4, -0.2) is 29.9 Å². The van der Waals surface area contributed by atoms with Gasteiger partial charge >= 0.3 is 0 Å². The summed E-state index contributed by atoms with van der Waals surface area (Å²) >= 11 is 0. The van der Waals surface area contributed by atoms with Gasteiger partial charge in [0, 0.05) is 24.7 Å². The van der Waals surface area contributed by atoms with Gasteiger partial charge in [0.25, 0.3) is 5.91 Å². The first-order chi connectivity index (χ1) is 7.77. The second-order valence-electron chi connectivity index (χ2n) is 4.90. The Hall–Kier alpha value is -1.42. The fourth-order valence-electron chi connectivity index (χ4n) is 1.47. The summed E-state index contributed by atoms with van der Waals surface area (Å²) in [6.07, 6.45) is 0.